The van der Waals surface area contributed by atoms with E-state index >= 15 is 0 Å². The number of rotatable bonds is 5. The molecule has 8 heteroatoms. The molecule has 0 saturated carbocycles. The Morgan fingerprint density at radius 2 is 1.77 bits per heavy atom. The van der Waals surface area contributed by atoms with Gasteiger partial charge in [-0.05, 0) is 41.8 Å². The molecule has 6 rings (SSSR count). The van der Waals surface area contributed by atoms with E-state index in [1.165, 1.54) is 6.26 Å². The molecule has 3 aromatic rings. The molecule has 0 radical (unpaired) electrons. The molecule has 1 atom stereocenters. The van der Waals surface area contributed by atoms with Crippen LogP contribution in [0.25, 0.3) is 0 Å². The molecule has 1 aromatic heterocycles. The zero-order chi connectivity index (χ0) is 23.8. The van der Waals surface area contributed by atoms with Gasteiger partial charge in [0, 0.05) is 32.5 Å². The molecule has 1 spiro atoms. The third-order valence-electron chi connectivity index (χ3n) is 7.19. The van der Waals surface area contributed by atoms with E-state index in [4.69, 9.17) is 13.9 Å². The van der Waals surface area contributed by atoms with Crippen molar-refractivity contribution >= 4 is 11.8 Å². The lowest BCUT2D eigenvalue weighted by molar-refractivity contribution is -0.134. The van der Waals surface area contributed by atoms with E-state index in [1.807, 2.05) is 53.4 Å². The summed E-state index contributed by atoms with van der Waals surface area (Å²) in [4.78, 5) is 30.3. The zero-order valence-corrected chi connectivity index (χ0v) is 19.3. The summed E-state index contributed by atoms with van der Waals surface area (Å²) in [7, 11) is 0. The number of likely N-dealkylation sites (tertiary alicyclic amines) is 1. The molecule has 2 amide bonds. The Hall–Kier alpha value is -3.78. The number of amides is 2. The summed E-state index contributed by atoms with van der Waals surface area (Å²) in [6.45, 7) is 1.75. The summed E-state index contributed by atoms with van der Waals surface area (Å²) in [6, 6.07) is 19.0. The molecule has 35 heavy (non-hydrogen) atoms. The quantitative estimate of drug-likeness (QED) is 0.613. The zero-order valence-electron chi connectivity index (χ0n) is 19.3. The van der Waals surface area contributed by atoms with Crippen LogP contribution in [0, 0.1) is 0 Å². The smallest absolute Gasteiger partial charge is 0.289 e. The number of nitrogens with one attached hydrogen (secondary N) is 1. The summed E-state index contributed by atoms with van der Waals surface area (Å²) in [5.74, 6) is 1.74. The standard InChI is InChI=1S/C27H27N3O5/c31-25-21(15-19-5-2-1-3-6-19)28-27(10-12-29(13-11-27)26(32)23-7-4-14-33-23)30(25)17-20-8-9-22-24(16-20)35-18-34-22/h1-9,14,16,21,28H,10-13,15,17-18H2. The van der Waals surface area contributed by atoms with Gasteiger partial charge in [0.2, 0.25) is 12.7 Å². The Bertz CT molecular complexity index is 1220. The molecule has 3 aliphatic heterocycles. The highest BCUT2D eigenvalue weighted by Gasteiger charge is 2.51. The van der Waals surface area contributed by atoms with E-state index in [1.54, 1.807) is 17.0 Å². The second-order valence-electron chi connectivity index (χ2n) is 9.30. The molecule has 2 saturated heterocycles. The van der Waals surface area contributed by atoms with Gasteiger partial charge < -0.3 is 23.7 Å². The second-order valence-corrected chi connectivity index (χ2v) is 9.30. The highest BCUT2D eigenvalue weighted by atomic mass is 16.7. The van der Waals surface area contributed by atoms with Gasteiger partial charge in [-0.1, -0.05) is 36.4 Å². The predicted octanol–water partition coefficient (Wildman–Crippen LogP) is 3.18. The number of piperidine rings is 1. The van der Waals surface area contributed by atoms with Crippen molar-refractivity contribution in [2.24, 2.45) is 0 Å². The van der Waals surface area contributed by atoms with Crippen molar-refractivity contribution in [2.45, 2.75) is 37.5 Å². The van der Waals surface area contributed by atoms with E-state index < -0.39 is 5.66 Å². The molecule has 180 valence electrons. The van der Waals surface area contributed by atoms with Crippen LogP contribution >= 0.6 is 0 Å². The highest BCUT2D eigenvalue weighted by molar-refractivity contribution is 5.91. The van der Waals surface area contributed by atoms with Gasteiger partial charge in [0.15, 0.2) is 17.3 Å². The lowest BCUT2D eigenvalue weighted by atomic mass is 9.95. The minimum Gasteiger partial charge on any atom is -0.459 e. The first kappa shape index (κ1) is 21.7. The lowest BCUT2D eigenvalue weighted by Gasteiger charge is -2.44. The second kappa shape index (κ2) is 8.78. The Labute approximate surface area is 203 Å². The monoisotopic (exact) mass is 473 g/mol. The molecular formula is C27H27N3O5. The van der Waals surface area contributed by atoms with Crippen LogP contribution in [-0.2, 0) is 17.8 Å². The van der Waals surface area contributed by atoms with Crippen LogP contribution in [0.1, 0.15) is 34.5 Å². The minimum atomic E-state index is -0.521. The first-order valence-corrected chi connectivity index (χ1v) is 12.0. The highest BCUT2D eigenvalue weighted by Crippen LogP contribution is 2.37. The summed E-state index contributed by atoms with van der Waals surface area (Å²) in [5.41, 5.74) is 1.58. The number of fused-ring (bicyclic) bond motifs is 1. The molecule has 1 N–H and O–H groups in total. The van der Waals surface area contributed by atoms with Gasteiger partial charge in [-0.15, -0.1) is 0 Å². The largest absolute Gasteiger partial charge is 0.459 e. The third-order valence-corrected chi connectivity index (χ3v) is 7.19. The summed E-state index contributed by atoms with van der Waals surface area (Å²) in [6.07, 6.45) is 3.41. The van der Waals surface area contributed by atoms with E-state index in [2.05, 4.69) is 5.32 Å². The molecular weight excluding hydrogens is 446 g/mol. The van der Waals surface area contributed by atoms with Crippen LogP contribution in [0.2, 0.25) is 0 Å². The maximum Gasteiger partial charge on any atom is 0.289 e. The molecule has 3 aliphatic rings. The molecule has 8 nitrogen and oxygen atoms in total. The van der Waals surface area contributed by atoms with Crippen molar-refractivity contribution in [3.8, 4) is 11.5 Å². The van der Waals surface area contributed by atoms with Gasteiger partial charge in [-0.25, -0.2) is 0 Å². The molecule has 1 unspecified atom stereocenters. The van der Waals surface area contributed by atoms with Crippen LogP contribution in [0.15, 0.2) is 71.3 Å². The predicted molar refractivity (Wildman–Crippen MR) is 127 cm³/mol. The van der Waals surface area contributed by atoms with Crippen molar-refractivity contribution in [1.29, 1.82) is 0 Å². The van der Waals surface area contributed by atoms with Crippen LogP contribution in [0.4, 0.5) is 0 Å². The van der Waals surface area contributed by atoms with Gasteiger partial charge in [-0.2, -0.15) is 0 Å². The molecule has 4 heterocycles. The minimum absolute atomic E-state index is 0.0809. The number of carbonyl (C=O) groups excluding carboxylic acids is 2. The van der Waals surface area contributed by atoms with Gasteiger partial charge in [0.1, 0.15) is 0 Å². The fourth-order valence-electron chi connectivity index (χ4n) is 5.35. The third kappa shape index (κ3) is 4.04. The van der Waals surface area contributed by atoms with E-state index in [-0.39, 0.29) is 24.6 Å². The lowest BCUT2D eigenvalue weighted by Crippen LogP contribution is -2.59. The van der Waals surface area contributed by atoms with Gasteiger partial charge in [0.25, 0.3) is 5.91 Å². The fraction of sp³-hybridized carbons (Fsp3) is 0.333. The average Bonchev–Trinajstić information content (AvgIpc) is 3.63. The van der Waals surface area contributed by atoms with Crippen LogP contribution in [0.3, 0.4) is 0 Å². The van der Waals surface area contributed by atoms with Crippen molar-refractivity contribution in [1.82, 2.24) is 15.1 Å². The SMILES string of the molecule is O=C(c1ccco1)N1CCC2(CC1)NC(Cc1ccccc1)C(=O)N2Cc1ccc2c(c1)OCO2. The van der Waals surface area contributed by atoms with E-state index in [9.17, 15) is 9.59 Å². The first-order chi connectivity index (χ1) is 17.1. The summed E-state index contributed by atoms with van der Waals surface area (Å²) in [5, 5.41) is 3.68. The summed E-state index contributed by atoms with van der Waals surface area (Å²) < 4.78 is 16.3. The number of hydrogen-bond donors (Lipinski definition) is 1. The maximum atomic E-state index is 13.7. The first-order valence-electron chi connectivity index (χ1n) is 12.0. The topological polar surface area (TPSA) is 84.3 Å². The molecule has 2 aromatic carbocycles. The Balaban J connectivity index is 1.25. The Morgan fingerprint density at radius 1 is 0.971 bits per heavy atom. The maximum absolute atomic E-state index is 13.7. The number of nitrogens with zero attached hydrogens (tertiary/aromatic N) is 2. The average molecular weight is 474 g/mol. The molecule has 0 aliphatic carbocycles. The van der Waals surface area contributed by atoms with Crippen LogP contribution < -0.4 is 14.8 Å². The van der Waals surface area contributed by atoms with Gasteiger partial charge in [-0.3, -0.25) is 14.9 Å². The molecule has 0 bridgehead atoms. The number of benzene rings is 2. The number of hydrogen-bond acceptors (Lipinski definition) is 6. The fourth-order valence-corrected chi connectivity index (χ4v) is 5.35. The van der Waals surface area contributed by atoms with Gasteiger partial charge >= 0.3 is 0 Å². The van der Waals surface area contributed by atoms with Crippen molar-refractivity contribution in [3.05, 3.63) is 83.8 Å². The molecule has 2 fully saturated rings. The van der Waals surface area contributed by atoms with Crippen LogP contribution in [-0.4, -0.2) is 53.2 Å². The Morgan fingerprint density at radius 3 is 2.54 bits per heavy atom. The van der Waals surface area contributed by atoms with Crippen molar-refractivity contribution in [3.63, 3.8) is 0 Å². The van der Waals surface area contributed by atoms with E-state index in [0.29, 0.717) is 50.4 Å². The van der Waals surface area contributed by atoms with Gasteiger partial charge in [0.05, 0.1) is 18.0 Å². The number of ether oxygens (including phenoxy) is 2. The van der Waals surface area contributed by atoms with Crippen molar-refractivity contribution in [2.75, 3.05) is 19.9 Å². The number of carbonyl (C=O) groups is 2. The van der Waals surface area contributed by atoms with Crippen LogP contribution in [0.5, 0.6) is 11.5 Å². The van der Waals surface area contributed by atoms with Crippen molar-refractivity contribution < 1.29 is 23.5 Å². The Kier molecular flexibility index (Phi) is 5.45. The normalized spacial score (nSPS) is 20.6. The van der Waals surface area contributed by atoms with E-state index in [0.717, 1.165) is 16.9 Å². The summed E-state index contributed by atoms with van der Waals surface area (Å²) >= 11 is 0. The number of furan rings is 1.